The molecule has 2 nitrogen and oxygen atoms in total. The molecule has 0 unspecified atom stereocenters. The third-order valence-corrected chi connectivity index (χ3v) is 5.79. The minimum atomic E-state index is -3.31. The van der Waals surface area contributed by atoms with E-state index in [0.29, 0.717) is 17.2 Å². The summed E-state index contributed by atoms with van der Waals surface area (Å²) in [6.45, 7) is 6.33. The average Bonchev–Trinajstić information content (AvgIpc) is 2.55. The molecule has 0 atom stereocenters. The van der Waals surface area contributed by atoms with Gasteiger partial charge in [0.2, 0.25) is 0 Å². The second-order valence-corrected chi connectivity index (χ2v) is 8.85. The average molecular weight is 381 g/mol. The van der Waals surface area contributed by atoms with E-state index >= 15 is 0 Å². The van der Waals surface area contributed by atoms with E-state index < -0.39 is 9.84 Å². The third-order valence-electron chi connectivity index (χ3n) is 3.86. The van der Waals surface area contributed by atoms with Crippen molar-refractivity contribution in [3.63, 3.8) is 0 Å². The molecule has 4 heteroatoms. The molecule has 138 valence electrons. The fraction of sp³-hybridized carbons (Fsp3) is 0.429. The molecule has 0 heterocycles. The molecule has 0 N–H and O–H groups in total. The number of hydrogen-bond donors (Lipinski definition) is 0. The summed E-state index contributed by atoms with van der Waals surface area (Å²) in [5.41, 5.74) is 3.54. The summed E-state index contributed by atoms with van der Waals surface area (Å²) in [4.78, 5) is 0.365. The van der Waals surface area contributed by atoms with E-state index in [-0.39, 0.29) is 5.75 Å². The first-order chi connectivity index (χ1) is 11.8. The van der Waals surface area contributed by atoms with E-state index in [1.54, 1.807) is 24.3 Å². The molecule has 0 bridgehead atoms. The van der Waals surface area contributed by atoms with Gasteiger partial charge < -0.3 is 0 Å². The van der Waals surface area contributed by atoms with Crippen molar-refractivity contribution in [2.45, 2.75) is 51.3 Å². The lowest BCUT2D eigenvalue weighted by atomic mass is 10.1. The summed E-state index contributed by atoms with van der Waals surface area (Å²) >= 11 is 5.85. The van der Waals surface area contributed by atoms with Gasteiger partial charge in [0, 0.05) is 5.88 Å². The molecule has 0 aliphatic carbocycles. The van der Waals surface area contributed by atoms with Crippen LogP contribution in [0.15, 0.2) is 70.2 Å². The monoisotopic (exact) mass is 380 g/mol. The highest BCUT2D eigenvalue weighted by atomic mass is 35.5. The lowest BCUT2D eigenvalue weighted by Gasteiger charge is -2.08. The van der Waals surface area contributed by atoms with Crippen molar-refractivity contribution in [2.24, 2.45) is 0 Å². The molecule has 25 heavy (non-hydrogen) atoms. The van der Waals surface area contributed by atoms with Gasteiger partial charge in [0.25, 0.3) is 0 Å². The van der Waals surface area contributed by atoms with Crippen LogP contribution in [0.25, 0.3) is 0 Å². The smallest absolute Gasteiger partial charge is 0.182 e. The van der Waals surface area contributed by atoms with Gasteiger partial charge in [-0.05, 0) is 58.6 Å². The highest BCUT2D eigenvalue weighted by Crippen LogP contribution is 2.17. The molecule has 0 aliphatic rings. The number of halogens is 1. The maximum atomic E-state index is 12.5. The van der Waals surface area contributed by atoms with E-state index in [4.69, 9.17) is 11.6 Å². The van der Waals surface area contributed by atoms with Crippen molar-refractivity contribution < 1.29 is 8.42 Å². The Balaban J connectivity index is 2.72. The second-order valence-electron chi connectivity index (χ2n) is 6.48. The topological polar surface area (TPSA) is 34.1 Å². The molecule has 0 amide bonds. The number of hydrogen-bond acceptors (Lipinski definition) is 2. The van der Waals surface area contributed by atoms with Crippen molar-refractivity contribution in [1.82, 2.24) is 0 Å². The SMILES string of the molecule is CC(C)=CCC/C(C)=C/C/C=C(\CCCl)CS(=O)(=O)c1ccccc1. The largest absolute Gasteiger partial charge is 0.223 e. The molecule has 0 radical (unpaired) electrons. The predicted octanol–water partition coefficient (Wildman–Crippen LogP) is 6.10. The fourth-order valence-electron chi connectivity index (χ4n) is 2.43. The first kappa shape index (κ1) is 21.7. The van der Waals surface area contributed by atoms with E-state index in [1.165, 1.54) is 11.1 Å². The van der Waals surface area contributed by atoms with Gasteiger partial charge in [-0.25, -0.2) is 8.42 Å². The number of alkyl halides is 1. The van der Waals surface area contributed by atoms with Crippen LogP contribution >= 0.6 is 11.6 Å². The van der Waals surface area contributed by atoms with Crippen molar-refractivity contribution >= 4 is 21.4 Å². The van der Waals surface area contributed by atoms with Crippen molar-refractivity contribution in [2.75, 3.05) is 11.6 Å². The third kappa shape index (κ3) is 9.08. The Morgan fingerprint density at radius 3 is 2.28 bits per heavy atom. The Bertz CT molecular complexity index is 710. The van der Waals surface area contributed by atoms with Gasteiger partial charge in [-0.15, -0.1) is 11.6 Å². The van der Waals surface area contributed by atoms with Crippen LogP contribution in [0.2, 0.25) is 0 Å². The number of benzene rings is 1. The summed E-state index contributed by atoms with van der Waals surface area (Å²) in [7, 11) is -3.31. The highest BCUT2D eigenvalue weighted by Gasteiger charge is 2.15. The maximum Gasteiger partial charge on any atom is 0.182 e. The van der Waals surface area contributed by atoms with E-state index in [0.717, 1.165) is 24.8 Å². The standard InChI is InChI=1S/C21H29ClO2S/c1-18(2)9-7-10-19(3)11-8-12-20(15-16-22)17-25(23,24)21-13-5-4-6-14-21/h4-6,9,11-14H,7-8,10,15-17H2,1-3H3/b19-11+,20-12+. The molecular formula is C21H29ClO2S. The zero-order chi connectivity index (χ0) is 18.7. The minimum absolute atomic E-state index is 0.0361. The van der Waals surface area contributed by atoms with Gasteiger partial charge in [-0.1, -0.05) is 53.1 Å². The van der Waals surface area contributed by atoms with E-state index in [1.807, 2.05) is 12.1 Å². The second kappa shape index (κ2) is 11.3. The Kier molecular flexibility index (Phi) is 9.84. The van der Waals surface area contributed by atoms with Crippen LogP contribution in [-0.2, 0) is 9.84 Å². The van der Waals surface area contributed by atoms with Crippen LogP contribution in [0.3, 0.4) is 0 Å². The lowest BCUT2D eigenvalue weighted by molar-refractivity contribution is 0.597. The van der Waals surface area contributed by atoms with Crippen LogP contribution < -0.4 is 0 Å². The summed E-state index contributed by atoms with van der Waals surface area (Å²) < 4.78 is 25.0. The maximum absolute atomic E-state index is 12.5. The molecule has 0 saturated carbocycles. The number of allylic oxidation sites excluding steroid dienone is 5. The van der Waals surface area contributed by atoms with Gasteiger partial charge >= 0.3 is 0 Å². The molecule has 0 saturated heterocycles. The normalized spacial score (nSPS) is 13.0. The molecular weight excluding hydrogens is 352 g/mol. The zero-order valence-corrected chi connectivity index (χ0v) is 17.0. The Morgan fingerprint density at radius 1 is 1.00 bits per heavy atom. The summed E-state index contributed by atoms with van der Waals surface area (Å²) in [5, 5.41) is 0. The molecule has 1 rings (SSSR count). The first-order valence-electron chi connectivity index (χ1n) is 8.66. The molecule has 1 aromatic carbocycles. The molecule has 0 spiro atoms. The highest BCUT2D eigenvalue weighted by molar-refractivity contribution is 7.91. The molecule has 0 aliphatic heterocycles. The number of sulfone groups is 1. The van der Waals surface area contributed by atoms with Crippen molar-refractivity contribution in [3.8, 4) is 0 Å². The number of rotatable bonds is 10. The van der Waals surface area contributed by atoms with Crippen LogP contribution in [-0.4, -0.2) is 20.1 Å². The Labute approximate surface area is 158 Å². The van der Waals surface area contributed by atoms with E-state index in [9.17, 15) is 8.42 Å². The van der Waals surface area contributed by atoms with Gasteiger partial charge in [0.05, 0.1) is 10.6 Å². The summed E-state index contributed by atoms with van der Waals surface area (Å²) in [5.74, 6) is 0.466. The lowest BCUT2D eigenvalue weighted by Crippen LogP contribution is -2.09. The van der Waals surface area contributed by atoms with Crippen LogP contribution in [0.1, 0.15) is 46.5 Å². The van der Waals surface area contributed by atoms with Crippen LogP contribution in [0, 0.1) is 0 Å². The Morgan fingerprint density at radius 2 is 1.68 bits per heavy atom. The van der Waals surface area contributed by atoms with Crippen molar-refractivity contribution in [1.29, 1.82) is 0 Å². The first-order valence-corrected chi connectivity index (χ1v) is 10.8. The fourth-order valence-corrected chi connectivity index (χ4v) is 4.16. The summed E-state index contributed by atoms with van der Waals surface area (Å²) in [6, 6.07) is 8.59. The van der Waals surface area contributed by atoms with Gasteiger partial charge in [0.15, 0.2) is 9.84 Å². The van der Waals surface area contributed by atoms with Crippen LogP contribution in [0.5, 0.6) is 0 Å². The Hall–Kier alpha value is -1.32. The molecule has 0 fully saturated rings. The summed E-state index contributed by atoms with van der Waals surface area (Å²) in [6.07, 6.45) is 9.83. The van der Waals surface area contributed by atoms with Gasteiger partial charge in [-0.2, -0.15) is 0 Å². The predicted molar refractivity (Wildman–Crippen MR) is 109 cm³/mol. The van der Waals surface area contributed by atoms with Gasteiger partial charge in [0.1, 0.15) is 0 Å². The van der Waals surface area contributed by atoms with Gasteiger partial charge in [-0.3, -0.25) is 0 Å². The van der Waals surface area contributed by atoms with Crippen LogP contribution in [0.4, 0.5) is 0 Å². The van der Waals surface area contributed by atoms with E-state index in [2.05, 4.69) is 32.9 Å². The van der Waals surface area contributed by atoms with Crippen molar-refractivity contribution in [3.05, 3.63) is 65.3 Å². The minimum Gasteiger partial charge on any atom is -0.223 e. The quantitative estimate of drug-likeness (QED) is 0.363. The molecule has 1 aromatic rings. The zero-order valence-electron chi connectivity index (χ0n) is 15.5. The molecule has 0 aromatic heterocycles.